The van der Waals surface area contributed by atoms with E-state index in [4.69, 9.17) is 20.9 Å². The lowest BCUT2D eigenvalue weighted by Crippen LogP contribution is -2.43. The number of hydrogen-bond acceptors (Lipinski definition) is 6. The molecule has 0 amide bonds. The van der Waals surface area contributed by atoms with E-state index in [-0.39, 0.29) is 22.9 Å². The van der Waals surface area contributed by atoms with Crippen molar-refractivity contribution >= 4 is 43.5 Å². The molecule has 0 saturated carbocycles. The van der Waals surface area contributed by atoms with Crippen LogP contribution in [0.25, 0.3) is 0 Å². The molecule has 0 aliphatic carbocycles. The van der Waals surface area contributed by atoms with Crippen LogP contribution in [0.5, 0.6) is 5.75 Å². The summed E-state index contributed by atoms with van der Waals surface area (Å²) in [5, 5.41) is 4.01. The summed E-state index contributed by atoms with van der Waals surface area (Å²) in [5.74, 6) is -0.596. The Hall–Kier alpha value is -1.42. The Morgan fingerprint density at radius 3 is 2.78 bits per heavy atom. The minimum Gasteiger partial charge on any atom is -0.425 e. The van der Waals surface area contributed by atoms with E-state index >= 15 is 0 Å². The fourth-order valence-corrected chi connectivity index (χ4v) is 5.60. The Kier molecular flexibility index (Phi) is 5.95. The zero-order chi connectivity index (χ0) is 19.8. The van der Waals surface area contributed by atoms with Crippen molar-refractivity contribution in [1.29, 1.82) is 0 Å². The van der Waals surface area contributed by atoms with Gasteiger partial charge in [-0.1, -0.05) is 32.7 Å². The molecule has 0 bridgehead atoms. The molecule has 1 aromatic heterocycles. The lowest BCUT2D eigenvalue weighted by molar-refractivity contribution is -0.140. The second-order valence-corrected chi connectivity index (χ2v) is 9.55. The van der Waals surface area contributed by atoms with Gasteiger partial charge in [-0.2, -0.15) is 4.31 Å². The molecule has 0 N–H and O–H groups in total. The first-order valence-electron chi connectivity index (χ1n) is 8.30. The summed E-state index contributed by atoms with van der Waals surface area (Å²) >= 11 is 9.37. The monoisotopic (exact) mass is 476 g/mol. The molecule has 1 fully saturated rings. The summed E-state index contributed by atoms with van der Waals surface area (Å²) in [6, 6.07) is 4.92. The second-order valence-electron chi connectivity index (χ2n) is 6.35. The van der Waals surface area contributed by atoms with Crippen LogP contribution in [0.1, 0.15) is 24.3 Å². The highest BCUT2D eigenvalue weighted by Crippen LogP contribution is 2.31. The zero-order valence-electron chi connectivity index (χ0n) is 14.7. The maximum absolute atomic E-state index is 13.0. The SMILES string of the molecule is Cc1noc(C)c1S(=O)(=O)N1CCCC(C(=O)Oc2ccc(Br)cc2Cl)C1. The minimum atomic E-state index is -3.80. The number of esters is 1. The van der Waals surface area contributed by atoms with Gasteiger partial charge in [0.05, 0.1) is 10.9 Å². The number of piperidine rings is 1. The maximum Gasteiger partial charge on any atom is 0.315 e. The molecule has 1 unspecified atom stereocenters. The topological polar surface area (TPSA) is 89.7 Å². The fourth-order valence-electron chi connectivity index (χ4n) is 3.07. The number of aromatic nitrogens is 1. The summed E-state index contributed by atoms with van der Waals surface area (Å²) in [4.78, 5) is 12.6. The molecule has 7 nitrogen and oxygen atoms in total. The molecular weight excluding hydrogens is 460 g/mol. The van der Waals surface area contributed by atoms with Crippen molar-refractivity contribution in [2.24, 2.45) is 5.92 Å². The number of benzene rings is 1. The van der Waals surface area contributed by atoms with E-state index in [2.05, 4.69) is 21.1 Å². The molecule has 27 heavy (non-hydrogen) atoms. The average Bonchev–Trinajstić information content (AvgIpc) is 2.96. The Bertz CT molecular complexity index is 956. The molecule has 1 atom stereocenters. The molecule has 1 aliphatic heterocycles. The van der Waals surface area contributed by atoms with Crippen molar-refractivity contribution in [3.63, 3.8) is 0 Å². The maximum atomic E-state index is 13.0. The smallest absolute Gasteiger partial charge is 0.315 e. The molecule has 0 spiro atoms. The van der Waals surface area contributed by atoms with Gasteiger partial charge in [-0.05, 0) is 44.9 Å². The van der Waals surface area contributed by atoms with Gasteiger partial charge in [0, 0.05) is 17.6 Å². The highest BCUT2D eigenvalue weighted by atomic mass is 79.9. The van der Waals surface area contributed by atoms with E-state index in [0.717, 1.165) is 4.47 Å². The predicted molar refractivity (Wildman–Crippen MR) is 102 cm³/mol. The largest absolute Gasteiger partial charge is 0.425 e. The van der Waals surface area contributed by atoms with Gasteiger partial charge in [-0.15, -0.1) is 0 Å². The van der Waals surface area contributed by atoms with Crippen LogP contribution in [0.4, 0.5) is 0 Å². The molecule has 1 aromatic carbocycles. The molecule has 1 saturated heterocycles. The quantitative estimate of drug-likeness (QED) is 0.492. The van der Waals surface area contributed by atoms with Gasteiger partial charge in [0.25, 0.3) is 0 Å². The highest BCUT2D eigenvalue weighted by molar-refractivity contribution is 9.10. The van der Waals surface area contributed by atoms with Crippen LogP contribution in [0.3, 0.4) is 0 Å². The normalized spacial score (nSPS) is 18.4. The van der Waals surface area contributed by atoms with Crippen LogP contribution in [-0.2, 0) is 14.8 Å². The van der Waals surface area contributed by atoms with Gasteiger partial charge < -0.3 is 9.26 Å². The summed E-state index contributed by atoms with van der Waals surface area (Å²) < 4.78 is 38.3. The van der Waals surface area contributed by atoms with E-state index in [9.17, 15) is 13.2 Å². The Labute approximate surface area is 170 Å². The molecule has 2 heterocycles. The number of ether oxygens (including phenoxy) is 1. The van der Waals surface area contributed by atoms with Gasteiger partial charge in [0.15, 0.2) is 5.76 Å². The summed E-state index contributed by atoms with van der Waals surface area (Å²) in [6.45, 7) is 3.50. The van der Waals surface area contributed by atoms with Crippen LogP contribution in [0.15, 0.2) is 32.1 Å². The minimum absolute atomic E-state index is 0.0410. The Morgan fingerprint density at radius 1 is 1.41 bits per heavy atom. The predicted octanol–water partition coefficient (Wildman–Crippen LogP) is 3.71. The van der Waals surface area contributed by atoms with Crippen LogP contribution in [0.2, 0.25) is 5.02 Å². The second kappa shape index (κ2) is 7.90. The molecule has 0 radical (unpaired) electrons. The molecule has 146 valence electrons. The van der Waals surface area contributed by atoms with Gasteiger partial charge in [-0.25, -0.2) is 8.42 Å². The van der Waals surface area contributed by atoms with Crippen LogP contribution in [-0.4, -0.2) is 36.9 Å². The van der Waals surface area contributed by atoms with Crippen molar-refractivity contribution in [1.82, 2.24) is 9.46 Å². The number of rotatable bonds is 4. The lowest BCUT2D eigenvalue weighted by Gasteiger charge is -2.30. The Morgan fingerprint density at radius 2 is 2.15 bits per heavy atom. The van der Waals surface area contributed by atoms with E-state index in [1.807, 2.05) is 0 Å². The zero-order valence-corrected chi connectivity index (χ0v) is 17.9. The third-order valence-corrected chi connectivity index (χ3v) is 7.29. The number of carbonyl (C=O) groups excluding carboxylic acids is 1. The first kappa shape index (κ1) is 20.3. The van der Waals surface area contributed by atoms with Crippen molar-refractivity contribution in [2.45, 2.75) is 31.6 Å². The van der Waals surface area contributed by atoms with Crippen LogP contribution in [0, 0.1) is 19.8 Å². The Balaban J connectivity index is 1.76. The number of carbonyl (C=O) groups is 1. The van der Waals surface area contributed by atoms with E-state index in [1.54, 1.807) is 32.0 Å². The molecule has 10 heteroatoms. The van der Waals surface area contributed by atoms with E-state index < -0.39 is 21.9 Å². The van der Waals surface area contributed by atoms with E-state index in [1.165, 1.54) is 4.31 Å². The van der Waals surface area contributed by atoms with Gasteiger partial charge in [0.2, 0.25) is 10.0 Å². The standard InChI is InChI=1S/C17H18BrClN2O5S/c1-10-16(11(2)26-20-10)27(23,24)21-7-3-4-12(9-21)17(22)25-15-6-5-13(18)8-14(15)19/h5-6,8,12H,3-4,7,9H2,1-2H3. The van der Waals surface area contributed by atoms with Crippen molar-refractivity contribution in [3.05, 3.63) is 39.1 Å². The summed E-state index contributed by atoms with van der Waals surface area (Å²) in [6.07, 6.45) is 1.09. The van der Waals surface area contributed by atoms with E-state index in [0.29, 0.717) is 30.1 Å². The fraction of sp³-hybridized carbons (Fsp3) is 0.412. The molecule has 1 aliphatic rings. The highest BCUT2D eigenvalue weighted by Gasteiger charge is 2.37. The number of aryl methyl sites for hydroxylation is 2. The third kappa shape index (κ3) is 4.21. The molecular formula is C17H18BrClN2O5S. The number of hydrogen-bond donors (Lipinski definition) is 0. The van der Waals surface area contributed by atoms with Crippen LogP contribution < -0.4 is 4.74 Å². The van der Waals surface area contributed by atoms with Crippen molar-refractivity contribution in [2.75, 3.05) is 13.1 Å². The number of nitrogens with zero attached hydrogens (tertiary/aromatic N) is 2. The third-order valence-electron chi connectivity index (χ3n) is 4.39. The van der Waals surface area contributed by atoms with Gasteiger partial charge in [0.1, 0.15) is 16.3 Å². The molecule has 3 rings (SSSR count). The number of halogens is 2. The van der Waals surface area contributed by atoms with Crippen molar-refractivity contribution < 1.29 is 22.5 Å². The number of sulfonamides is 1. The van der Waals surface area contributed by atoms with Gasteiger partial charge in [-0.3, -0.25) is 4.79 Å². The first-order valence-corrected chi connectivity index (χ1v) is 10.9. The van der Waals surface area contributed by atoms with Crippen molar-refractivity contribution in [3.8, 4) is 5.75 Å². The summed E-state index contributed by atoms with van der Waals surface area (Å²) in [5.41, 5.74) is 0.304. The lowest BCUT2D eigenvalue weighted by atomic mass is 10.00. The van der Waals surface area contributed by atoms with Gasteiger partial charge >= 0.3 is 5.97 Å². The first-order chi connectivity index (χ1) is 12.7. The summed E-state index contributed by atoms with van der Waals surface area (Å²) in [7, 11) is -3.80. The average molecular weight is 478 g/mol. The van der Waals surface area contributed by atoms with Crippen LogP contribution >= 0.6 is 27.5 Å². The molecule has 2 aromatic rings.